The van der Waals surface area contributed by atoms with E-state index in [1.807, 2.05) is 0 Å². The Bertz CT molecular complexity index is 742. The number of aliphatic carboxylic acids is 1. The Kier molecular flexibility index (Phi) is 5.10. The molecule has 0 amide bonds. The lowest BCUT2D eigenvalue weighted by Crippen LogP contribution is -2.40. The van der Waals surface area contributed by atoms with E-state index in [0.29, 0.717) is 4.31 Å². The molecule has 0 spiro atoms. The zero-order valence-corrected chi connectivity index (χ0v) is 13.3. The Balaban J connectivity index is 3.34. The molecule has 0 fully saturated rings. The van der Waals surface area contributed by atoms with Crippen LogP contribution < -0.4 is 4.72 Å². The minimum Gasteiger partial charge on any atom is -0.480 e. The normalized spacial score (nSPS) is 14.1. The average Bonchev–Trinajstić information content (AvgIpc) is 2.45. The van der Waals surface area contributed by atoms with Crippen LogP contribution >= 0.6 is 0 Å². The number of nitrogens with one attached hydrogen (secondary N) is 1. The fourth-order valence-electron chi connectivity index (χ4n) is 1.45. The summed E-state index contributed by atoms with van der Waals surface area (Å²) in [7, 11) is -5.58. The van der Waals surface area contributed by atoms with Gasteiger partial charge in [-0.15, -0.1) is 0 Å². The number of rotatable bonds is 6. The minimum absolute atomic E-state index is 0.220. The molecule has 0 saturated heterocycles. The van der Waals surface area contributed by atoms with E-state index in [0.717, 1.165) is 13.1 Å². The van der Waals surface area contributed by atoms with E-state index in [1.165, 1.54) is 32.2 Å². The predicted molar refractivity (Wildman–Crippen MR) is 74.7 cm³/mol. The number of carboxylic acid groups (broad SMARTS) is 1. The maximum atomic E-state index is 12.3. The van der Waals surface area contributed by atoms with E-state index < -0.39 is 32.1 Å². The Hall–Kier alpha value is -1.49. The van der Waals surface area contributed by atoms with Gasteiger partial charge in [-0.05, 0) is 32.2 Å². The molecule has 0 saturated carbocycles. The van der Waals surface area contributed by atoms with Gasteiger partial charge in [0.25, 0.3) is 0 Å². The highest BCUT2D eigenvalue weighted by molar-refractivity contribution is 7.90. The molecular formula is C11H16N2O6S2. The summed E-state index contributed by atoms with van der Waals surface area (Å²) in [5.74, 6) is -1.31. The molecule has 10 heteroatoms. The maximum Gasteiger partial charge on any atom is 0.321 e. The molecule has 8 nitrogen and oxygen atoms in total. The molecule has 0 radical (unpaired) electrons. The highest BCUT2D eigenvalue weighted by Crippen LogP contribution is 2.20. The largest absolute Gasteiger partial charge is 0.480 e. The highest BCUT2D eigenvalue weighted by Gasteiger charge is 2.30. The van der Waals surface area contributed by atoms with E-state index in [-0.39, 0.29) is 9.79 Å². The van der Waals surface area contributed by atoms with Crippen molar-refractivity contribution in [2.45, 2.75) is 22.8 Å². The molecule has 118 valence electrons. The molecule has 0 heterocycles. The standard InChI is InChI=1S/C11H16N2O6S2/c1-8(11(14)15)13(3)21(18,19)10-6-4-5-9(7-10)20(16,17)12-2/h4-8,12H,1-3H3,(H,14,15). The van der Waals surface area contributed by atoms with Crippen LogP contribution in [0.1, 0.15) is 6.92 Å². The van der Waals surface area contributed by atoms with Gasteiger partial charge in [-0.2, -0.15) is 4.31 Å². The summed E-state index contributed by atoms with van der Waals surface area (Å²) in [5.41, 5.74) is 0. The van der Waals surface area contributed by atoms with Gasteiger partial charge in [0.15, 0.2) is 0 Å². The second-order valence-corrected chi connectivity index (χ2v) is 8.10. The summed E-state index contributed by atoms with van der Waals surface area (Å²) in [6.07, 6.45) is 0. The molecular weight excluding hydrogens is 320 g/mol. The van der Waals surface area contributed by atoms with Crippen molar-refractivity contribution >= 4 is 26.0 Å². The van der Waals surface area contributed by atoms with Crippen LogP contribution in [0.15, 0.2) is 34.1 Å². The van der Waals surface area contributed by atoms with E-state index in [4.69, 9.17) is 5.11 Å². The lowest BCUT2D eigenvalue weighted by atomic mass is 10.4. The quantitative estimate of drug-likeness (QED) is 0.735. The number of carbonyl (C=O) groups is 1. The molecule has 1 rings (SSSR count). The smallest absolute Gasteiger partial charge is 0.321 e. The Morgan fingerprint density at radius 3 is 2.24 bits per heavy atom. The molecule has 1 atom stereocenters. The first-order chi connectivity index (χ1) is 9.54. The van der Waals surface area contributed by atoms with E-state index in [9.17, 15) is 21.6 Å². The summed E-state index contributed by atoms with van der Waals surface area (Å²) in [6, 6.07) is 3.42. The van der Waals surface area contributed by atoms with Crippen LogP contribution in [-0.2, 0) is 24.8 Å². The van der Waals surface area contributed by atoms with E-state index in [1.54, 1.807) is 0 Å². The van der Waals surface area contributed by atoms with Crippen molar-refractivity contribution in [3.8, 4) is 0 Å². The van der Waals surface area contributed by atoms with Crippen molar-refractivity contribution in [3.63, 3.8) is 0 Å². The lowest BCUT2D eigenvalue weighted by Gasteiger charge is -2.21. The van der Waals surface area contributed by atoms with E-state index >= 15 is 0 Å². The summed E-state index contributed by atoms with van der Waals surface area (Å²) in [4.78, 5) is 10.4. The lowest BCUT2D eigenvalue weighted by molar-refractivity contribution is -0.140. The van der Waals surface area contributed by atoms with Gasteiger partial charge in [0.05, 0.1) is 9.79 Å². The number of likely N-dealkylation sites (N-methyl/N-ethyl adjacent to an activating group) is 1. The van der Waals surface area contributed by atoms with Crippen molar-refractivity contribution < 1.29 is 26.7 Å². The first kappa shape index (κ1) is 17.6. The van der Waals surface area contributed by atoms with Crippen molar-refractivity contribution in [1.29, 1.82) is 0 Å². The van der Waals surface area contributed by atoms with Crippen molar-refractivity contribution in [2.24, 2.45) is 0 Å². The number of hydrogen-bond donors (Lipinski definition) is 2. The number of hydrogen-bond acceptors (Lipinski definition) is 5. The summed E-state index contributed by atoms with van der Waals surface area (Å²) in [5, 5.41) is 8.87. The van der Waals surface area contributed by atoms with Gasteiger partial charge in [-0.3, -0.25) is 4.79 Å². The third-order valence-electron chi connectivity index (χ3n) is 2.96. The Morgan fingerprint density at radius 2 is 1.76 bits per heavy atom. The van der Waals surface area contributed by atoms with Crippen molar-refractivity contribution in [2.75, 3.05) is 14.1 Å². The molecule has 0 aromatic heterocycles. The average molecular weight is 336 g/mol. The van der Waals surface area contributed by atoms with Crippen molar-refractivity contribution in [3.05, 3.63) is 24.3 Å². The minimum atomic E-state index is -4.11. The van der Waals surface area contributed by atoms with Crippen LogP contribution in [0.3, 0.4) is 0 Å². The van der Waals surface area contributed by atoms with Gasteiger partial charge in [0.2, 0.25) is 20.0 Å². The van der Waals surface area contributed by atoms with Crippen molar-refractivity contribution in [1.82, 2.24) is 9.03 Å². The number of nitrogens with zero attached hydrogens (tertiary/aromatic N) is 1. The number of benzene rings is 1. The molecule has 0 bridgehead atoms. The molecule has 1 aromatic rings. The second kappa shape index (κ2) is 6.10. The Labute approximate surface area is 123 Å². The zero-order valence-electron chi connectivity index (χ0n) is 11.6. The van der Waals surface area contributed by atoms with Gasteiger partial charge in [0.1, 0.15) is 6.04 Å². The summed E-state index contributed by atoms with van der Waals surface area (Å²) in [6.45, 7) is 1.22. The highest BCUT2D eigenvalue weighted by atomic mass is 32.2. The second-order valence-electron chi connectivity index (χ2n) is 4.22. The molecule has 1 unspecified atom stereocenters. The topological polar surface area (TPSA) is 121 Å². The van der Waals surface area contributed by atoms with Crippen LogP contribution in [0.4, 0.5) is 0 Å². The monoisotopic (exact) mass is 336 g/mol. The molecule has 1 aromatic carbocycles. The maximum absolute atomic E-state index is 12.3. The van der Waals surface area contributed by atoms with Gasteiger partial charge >= 0.3 is 5.97 Å². The summed E-state index contributed by atoms with van der Waals surface area (Å²) < 4.78 is 50.7. The first-order valence-corrected chi connectivity index (χ1v) is 8.71. The van der Waals surface area contributed by atoms with Crippen LogP contribution in [-0.4, -0.2) is 52.4 Å². The fraction of sp³-hybridized carbons (Fsp3) is 0.364. The predicted octanol–water partition coefficient (Wildman–Crippen LogP) is -0.312. The molecule has 0 aliphatic carbocycles. The number of sulfonamides is 2. The third-order valence-corrected chi connectivity index (χ3v) is 6.30. The molecule has 0 aliphatic heterocycles. The molecule has 2 N–H and O–H groups in total. The van der Waals surface area contributed by atoms with Gasteiger partial charge in [0, 0.05) is 7.05 Å². The Morgan fingerprint density at radius 1 is 1.24 bits per heavy atom. The van der Waals surface area contributed by atoms with Crippen LogP contribution in [0.2, 0.25) is 0 Å². The first-order valence-electron chi connectivity index (χ1n) is 5.78. The fourth-order valence-corrected chi connectivity index (χ4v) is 3.67. The summed E-state index contributed by atoms with van der Waals surface area (Å²) >= 11 is 0. The van der Waals surface area contributed by atoms with Gasteiger partial charge < -0.3 is 5.11 Å². The zero-order chi connectivity index (χ0) is 16.4. The SMILES string of the molecule is CNS(=O)(=O)c1cccc(S(=O)(=O)N(C)C(C)C(=O)O)c1. The number of carboxylic acids is 1. The third kappa shape index (κ3) is 3.59. The van der Waals surface area contributed by atoms with Crippen LogP contribution in [0, 0.1) is 0 Å². The van der Waals surface area contributed by atoms with Gasteiger partial charge in [-0.1, -0.05) is 6.07 Å². The van der Waals surface area contributed by atoms with E-state index in [2.05, 4.69) is 4.72 Å². The molecule has 0 aliphatic rings. The van der Waals surface area contributed by atoms with Crippen LogP contribution in [0.5, 0.6) is 0 Å². The van der Waals surface area contributed by atoms with Crippen LogP contribution in [0.25, 0.3) is 0 Å². The van der Waals surface area contributed by atoms with Gasteiger partial charge in [-0.25, -0.2) is 21.6 Å². The molecule has 21 heavy (non-hydrogen) atoms.